The Hall–Kier alpha value is -1.45. The first-order chi connectivity index (χ1) is 11.1. The first-order valence-corrected chi connectivity index (χ1v) is 7.84. The molecule has 2 rings (SSSR count). The van der Waals surface area contributed by atoms with Crippen LogP contribution in [0.15, 0.2) is 16.7 Å². The average Bonchev–Trinajstić information content (AvgIpc) is 2.74. The maximum absolute atomic E-state index is 12.8. The van der Waals surface area contributed by atoms with E-state index in [0.717, 1.165) is 4.68 Å². The number of hydrogen-bond acceptors (Lipinski definition) is 4. The van der Waals surface area contributed by atoms with Gasteiger partial charge in [-0.2, -0.15) is 18.3 Å². The van der Waals surface area contributed by atoms with Crippen molar-refractivity contribution < 1.29 is 27.8 Å². The molecule has 1 aromatic heterocycles. The molecule has 0 amide bonds. The molecule has 0 aliphatic rings. The average molecular weight is 448 g/mol. The summed E-state index contributed by atoms with van der Waals surface area (Å²) in [7, 11) is 0. The number of nitrogens with zero attached hydrogens (tertiary/aromatic N) is 2. The van der Waals surface area contributed by atoms with E-state index in [1.807, 2.05) is 0 Å². The van der Waals surface area contributed by atoms with Crippen LogP contribution in [0.4, 0.5) is 13.2 Å². The van der Waals surface area contributed by atoms with Crippen molar-refractivity contribution in [3.8, 4) is 11.4 Å². The Labute approximate surface area is 152 Å². The SMILES string of the molecule is CCOC(=O)c1nn(-c2c(Cl)cc(C(F)(F)F)cc2Cl)c(Br)c1O. The van der Waals surface area contributed by atoms with Crippen LogP contribution in [-0.4, -0.2) is 27.5 Å². The molecule has 0 atom stereocenters. The Balaban J connectivity index is 2.61. The summed E-state index contributed by atoms with van der Waals surface area (Å²) >= 11 is 14.8. The molecule has 24 heavy (non-hydrogen) atoms. The van der Waals surface area contributed by atoms with E-state index in [4.69, 9.17) is 27.9 Å². The molecule has 0 aliphatic heterocycles. The Morgan fingerprint density at radius 2 is 1.92 bits per heavy atom. The summed E-state index contributed by atoms with van der Waals surface area (Å²) in [5, 5.41) is 13.0. The number of rotatable bonds is 3. The molecular formula is C13H8BrCl2F3N2O3. The zero-order chi connectivity index (χ0) is 18.2. The second-order valence-corrected chi connectivity index (χ2v) is 5.97. The molecule has 0 saturated carbocycles. The van der Waals surface area contributed by atoms with Gasteiger partial charge in [0.1, 0.15) is 5.69 Å². The van der Waals surface area contributed by atoms with Crippen molar-refractivity contribution in [3.05, 3.63) is 38.0 Å². The van der Waals surface area contributed by atoms with E-state index >= 15 is 0 Å². The van der Waals surface area contributed by atoms with Gasteiger partial charge in [0.2, 0.25) is 5.69 Å². The Bertz CT molecular complexity index is 785. The number of esters is 1. The van der Waals surface area contributed by atoms with Gasteiger partial charge in [0.05, 0.1) is 22.2 Å². The van der Waals surface area contributed by atoms with Crippen molar-refractivity contribution in [2.75, 3.05) is 6.61 Å². The van der Waals surface area contributed by atoms with Gasteiger partial charge in [-0.1, -0.05) is 23.2 Å². The standard InChI is InChI=1S/C13H8BrCl2F3N2O3/c1-2-24-12(23)8-10(22)11(14)21(20-8)9-6(15)3-5(4-7(9)16)13(17,18)19/h3-4,22H,2H2,1H3. The quantitative estimate of drug-likeness (QED) is 0.683. The van der Waals surface area contributed by atoms with Gasteiger partial charge in [-0.05, 0) is 35.0 Å². The number of aromatic hydroxyl groups is 1. The molecule has 0 bridgehead atoms. The maximum Gasteiger partial charge on any atom is 0.416 e. The number of ether oxygens (including phenoxy) is 1. The van der Waals surface area contributed by atoms with Gasteiger partial charge >= 0.3 is 12.1 Å². The highest BCUT2D eigenvalue weighted by Gasteiger charge is 2.33. The molecule has 11 heteroatoms. The molecule has 1 N–H and O–H groups in total. The van der Waals surface area contributed by atoms with Crippen LogP contribution in [0.5, 0.6) is 5.75 Å². The van der Waals surface area contributed by atoms with Crippen molar-refractivity contribution in [2.45, 2.75) is 13.1 Å². The molecule has 5 nitrogen and oxygen atoms in total. The Kier molecular flexibility index (Phi) is 5.36. The predicted molar refractivity (Wildman–Crippen MR) is 83.9 cm³/mol. The van der Waals surface area contributed by atoms with E-state index in [2.05, 4.69) is 21.0 Å². The Morgan fingerprint density at radius 3 is 2.38 bits per heavy atom. The summed E-state index contributed by atoms with van der Waals surface area (Å²) in [6, 6.07) is 1.33. The van der Waals surface area contributed by atoms with E-state index in [1.165, 1.54) is 0 Å². The van der Waals surface area contributed by atoms with E-state index < -0.39 is 29.2 Å². The van der Waals surface area contributed by atoms with Crippen LogP contribution in [0, 0.1) is 0 Å². The predicted octanol–water partition coefficient (Wildman–Crippen LogP) is 4.84. The molecule has 0 fully saturated rings. The largest absolute Gasteiger partial charge is 0.503 e. The van der Waals surface area contributed by atoms with Crippen LogP contribution in [0.25, 0.3) is 5.69 Å². The van der Waals surface area contributed by atoms with Gasteiger partial charge in [-0.25, -0.2) is 9.48 Å². The highest BCUT2D eigenvalue weighted by atomic mass is 79.9. The van der Waals surface area contributed by atoms with Crippen LogP contribution in [0.1, 0.15) is 23.0 Å². The van der Waals surface area contributed by atoms with Crippen molar-refractivity contribution >= 4 is 45.1 Å². The van der Waals surface area contributed by atoms with Crippen LogP contribution in [0.3, 0.4) is 0 Å². The molecule has 0 radical (unpaired) electrons. The van der Waals surface area contributed by atoms with Crippen LogP contribution in [-0.2, 0) is 10.9 Å². The van der Waals surface area contributed by atoms with Crippen molar-refractivity contribution in [1.82, 2.24) is 9.78 Å². The lowest BCUT2D eigenvalue weighted by Gasteiger charge is -2.12. The minimum absolute atomic E-state index is 0.0462. The smallest absolute Gasteiger partial charge is 0.416 e. The number of hydrogen-bond donors (Lipinski definition) is 1. The molecule has 130 valence electrons. The number of carbonyl (C=O) groups excluding carboxylic acids is 1. The third-order valence-corrected chi connectivity index (χ3v) is 4.12. The van der Waals surface area contributed by atoms with Gasteiger partial charge in [-0.3, -0.25) is 0 Å². The topological polar surface area (TPSA) is 64.3 Å². The summed E-state index contributed by atoms with van der Waals surface area (Å²) in [6.07, 6.45) is -4.63. The number of carbonyl (C=O) groups is 1. The Morgan fingerprint density at radius 1 is 1.38 bits per heavy atom. The highest BCUT2D eigenvalue weighted by Crippen LogP contribution is 2.40. The number of halogens is 6. The monoisotopic (exact) mass is 446 g/mol. The number of aromatic nitrogens is 2. The molecular weight excluding hydrogens is 440 g/mol. The lowest BCUT2D eigenvalue weighted by molar-refractivity contribution is -0.137. The van der Waals surface area contributed by atoms with E-state index in [0.29, 0.717) is 12.1 Å². The van der Waals surface area contributed by atoms with Crippen LogP contribution in [0.2, 0.25) is 10.0 Å². The minimum atomic E-state index is -4.63. The van der Waals surface area contributed by atoms with Crippen molar-refractivity contribution in [2.24, 2.45) is 0 Å². The fourth-order valence-corrected chi connectivity index (χ4v) is 2.90. The molecule has 1 aromatic carbocycles. The summed E-state index contributed by atoms with van der Waals surface area (Å²) in [6.45, 7) is 1.61. The first-order valence-electron chi connectivity index (χ1n) is 6.29. The summed E-state index contributed by atoms with van der Waals surface area (Å²) < 4.78 is 43.8. The molecule has 0 aliphatic carbocycles. The molecule has 2 aromatic rings. The second-order valence-electron chi connectivity index (χ2n) is 4.41. The lowest BCUT2D eigenvalue weighted by Crippen LogP contribution is -2.09. The summed E-state index contributed by atoms with van der Waals surface area (Å²) in [4.78, 5) is 11.7. The van der Waals surface area contributed by atoms with Crippen molar-refractivity contribution in [1.29, 1.82) is 0 Å². The third kappa shape index (κ3) is 3.47. The van der Waals surface area contributed by atoms with Crippen LogP contribution < -0.4 is 0 Å². The fraction of sp³-hybridized carbons (Fsp3) is 0.231. The van der Waals surface area contributed by atoms with Crippen molar-refractivity contribution in [3.63, 3.8) is 0 Å². The van der Waals surface area contributed by atoms with E-state index in [9.17, 15) is 23.1 Å². The molecule has 1 heterocycles. The number of alkyl halides is 3. The van der Waals surface area contributed by atoms with Gasteiger partial charge < -0.3 is 9.84 Å². The zero-order valence-corrected chi connectivity index (χ0v) is 14.9. The lowest BCUT2D eigenvalue weighted by atomic mass is 10.2. The molecule has 0 spiro atoms. The van der Waals surface area contributed by atoms with E-state index in [1.54, 1.807) is 6.92 Å². The summed E-state index contributed by atoms with van der Waals surface area (Å²) in [5.74, 6) is -1.46. The van der Waals surface area contributed by atoms with E-state index in [-0.39, 0.29) is 26.9 Å². The maximum atomic E-state index is 12.8. The van der Waals surface area contributed by atoms with Gasteiger partial charge in [0.15, 0.2) is 10.4 Å². The summed E-state index contributed by atoms with van der Waals surface area (Å²) in [5.41, 5.74) is -1.61. The molecule has 0 unspecified atom stereocenters. The third-order valence-electron chi connectivity index (χ3n) is 2.83. The first kappa shape index (κ1) is 18.9. The highest BCUT2D eigenvalue weighted by molar-refractivity contribution is 9.10. The van der Waals surface area contributed by atoms with Gasteiger partial charge in [-0.15, -0.1) is 0 Å². The second kappa shape index (κ2) is 6.81. The van der Waals surface area contributed by atoms with Crippen LogP contribution >= 0.6 is 39.1 Å². The van der Waals surface area contributed by atoms with Gasteiger partial charge in [0.25, 0.3) is 0 Å². The zero-order valence-electron chi connectivity index (χ0n) is 11.8. The van der Waals surface area contributed by atoms with Gasteiger partial charge in [0, 0.05) is 0 Å². The fourth-order valence-electron chi connectivity index (χ4n) is 1.81. The number of benzene rings is 1. The minimum Gasteiger partial charge on any atom is -0.503 e. The normalized spacial score (nSPS) is 11.6. The molecule has 0 saturated heterocycles.